The Labute approximate surface area is 72.1 Å². The van der Waals surface area contributed by atoms with Crippen molar-refractivity contribution in [2.75, 3.05) is 7.11 Å². The largest absolute Gasteiger partial charge is 0.489 e. The van der Waals surface area contributed by atoms with Crippen LogP contribution in [-0.2, 0) is 0 Å². The van der Waals surface area contributed by atoms with Gasteiger partial charge in [-0.2, -0.15) is 0 Å². The van der Waals surface area contributed by atoms with E-state index in [2.05, 4.69) is 15.9 Å². The Morgan fingerprint density at radius 3 is 2.73 bits per heavy atom. The molecule has 1 heterocycles. The molecule has 3 nitrogen and oxygen atoms in total. The standard InChI is InChI=1S/C7H7BrO3/c1-4-3-5(9)6(10-2)7(8)11-4/h3H,1-2H3. The monoisotopic (exact) mass is 218 g/mol. The highest BCUT2D eigenvalue weighted by atomic mass is 79.9. The first-order valence-corrected chi connectivity index (χ1v) is 3.78. The number of aryl methyl sites for hydroxylation is 1. The van der Waals surface area contributed by atoms with Crippen LogP contribution in [0.2, 0.25) is 0 Å². The molecule has 0 saturated heterocycles. The van der Waals surface area contributed by atoms with Gasteiger partial charge in [-0.25, -0.2) is 0 Å². The minimum absolute atomic E-state index is 0.178. The molecule has 0 bridgehead atoms. The lowest BCUT2D eigenvalue weighted by atomic mass is 10.4. The molecule has 0 aromatic carbocycles. The topological polar surface area (TPSA) is 39.4 Å². The average Bonchev–Trinajstić information content (AvgIpc) is 1.85. The quantitative estimate of drug-likeness (QED) is 0.721. The summed E-state index contributed by atoms with van der Waals surface area (Å²) in [6.07, 6.45) is 0. The third-order valence-corrected chi connectivity index (χ3v) is 1.71. The van der Waals surface area contributed by atoms with Crippen molar-refractivity contribution in [3.05, 3.63) is 26.7 Å². The van der Waals surface area contributed by atoms with E-state index in [1.807, 2.05) is 0 Å². The zero-order chi connectivity index (χ0) is 8.43. The number of hydrogen-bond acceptors (Lipinski definition) is 3. The summed E-state index contributed by atoms with van der Waals surface area (Å²) >= 11 is 3.07. The highest BCUT2D eigenvalue weighted by Crippen LogP contribution is 2.20. The number of methoxy groups -OCH3 is 1. The maximum Gasteiger partial charge on any atom is 0.228 e. The van der Waals surface area contributed by atoms with Crippen LogP contribution in [0.15, 0.2) is 19.9 Å². The number of hydrogen-bond donors (Lipinski definition) is 0. The van der Waals surface area contributed by atoms with E-state index in [1.165, 1.54) is 13.2 Å². The Balaban J connectivity index is 3.37. The molecular weight excluding hydrogens is 212 g/mol. The van der Waals surface area contributed by atoms with Gasteiger partial charge >= 0.3 is 0 Å². The second-order valence-corrected chi connectivity index (χ2v) is 2.75. The van der Waals surface area contributed by atoms with Crippen LogP contribution < -0.4 is 10.2 Å². The van der Waals surface area contributed by atoms with Crippen LogP contribution in [0, 0.1) is 6.92 Å². The summed E-state index contributed by atoms with van der Waals surface area (Å²) < 4.78 is 10.2. The first-order valence-electron chi connectivity index (χ1n) is 2.99. The predicted octanol–water partition coefficient (Wildman–Crippen LogP) is 1.72. The van der Waals surface area contributed by atoms with Crippen LogP contribution in [-0.4, -0.2) is 7.11 Å². The summed E-state index contributed by atoms with van der Waals surface area (Å²) in [7, 11) is 1.42. The van der Waals surface area contributed by atoms with Gasteiger partial charge in [0.2, 0.25) is 15.8 Å². The number of ether oxygens (including phenoxy) is 1. The molecule has 0 fully saturated rings. The molecule has 0 saturated carbocycles. The fourth-order valence-electron chi connectivity index (χ4n) is 0.745. The number of halogens is 1. The van der Waals surface area contributed by atoms with Crippen molar-refractivity contribution in [2.24, 2.45) is 0 Å². The highest BCUT2D eigenvalue weighted by molar-refractivity contribution is 9.10. The minimum Gasteiger partial charge on any atom is -0.489 e. The Morgan fingerprint density at radius 1 is 1.64 bits per heavy atom. The second kappa shape index (κ2) is 3.09. The third kappa shape index (κ3) is 1.63. The van der Waals surface area contributed by atoms with E-state index >= 15 is 0 Å². The van der Waals surface area contributed by atoms with Gasteiger partial charge in [-0.05, 0) is 22.9 Å². The molecule has 4 heteroatoms. The molecule has 60 valence electrons. The lowest BCUT2D eigenvalue weighted by Gasteiger charge is -2.00. The molecule has 1 aromatic heterocycles. The van der Waals surface area contributed by atoms with Gasteiger partial charge in [-0.1, -0.05) is 0 Å². The van der Waals surface area contributed by atoms with Gasteiger partial charge in [-0.15, -0.1) is 0 Å². The van der Waals surface area contributed by atoms with E-state index < -0.39 is 0 Å². The van der Waals surface area contributed by atoms with Gasteiger partial charge < -0.3 is 9.15 Å². The highest BCUT2D eigenvalue weighted by Gasteiger charge is 2.06. The van der Waals surface area contributed by atoms with Gasteiger partial charge in [0.15, 0.2) is 0 Å². The molecule has 0 spiro atoms. The fraction of sp³-hybridized carbons (Fsp3) is 0.286. The molecule has 0 radical (unpaired) electrons. The summed E-state index contributed by atoms with van der Waals surface area (Å²) in [5, 5.41) is 0. The minimum atomic E-state index is -0.178. The molecule has 1 rings (SSSR count). The van der Waals surface area contributed by atoms with Gasteiger partial charge in [-0.3, -0.25) is 4.79 Å². The van der Waals surface area contributed by atoms with E-state index in [1.54, 1.807) is 6.92 Å². The van der Waals surface area contributed by atoms with Crippen molar-refractivity contribution >= 4 is 15.9 Å². The van der Waals surface area contributed by atoms with Crippen LogP contribution in [0.3, 0.4) is 0 Å². The van der Waals surface area contributed by atoms with E-state index in [4.69, 9.17) is 9.15 Å². The summed E-state index contributed by atoms with van der Waals surface area (Å²) in [5.41, 5.74) is -0.178. The van der Waals surface area contributed by atoms with Gasteiger partial charge in [0.25, 0.3) is 0 Å². The van der Waals surface area contributed by atoms with Gasteiger partial charge in [0.1, 0.15) is 5.76 Å². The Bertz CT molecular complexity index is 316. The predicted molar refractivity (Wildman–Crippen MR) is 44.0 cm³/mol. The summed E-state index contributed by atoms with van der Waals surface area (Å²) in [6.45, 7) is 1.70. The number of rotatable bonds is 1. The van der Waals surface area contributed by atoms with Crippen molar-refractivity contribution in [3.8, 4) is 5.75 Å². The zero-order valence-corrected chi connectivity index (χ0v) is 7.77. The van der Waals surface area contributed by atoms with Gasteiger partial charge in [0.05, 0.1) is 7.11 Å². The lowest BCUT2D eigenvalue weighted by molar-refractivity contribution is 0.371. The van der Waals surface area contributed by atoms with Gasteiger partial charge in [0, 0.05) is 6.07 Å². The molecule has 0 aliphatic carbocycles. The van der Waals surface area contributed by atoms with Crippen LogP contribution in [0.5, 0.6) is 5.75 Å². The zero-order valence-electron chi connectivity index (χ0n) is 6.18. The lowest BCUT2D eigenvalue weighted by Crippen LogP contribution is -2.04. The maximum atomic E-state index is 11.1. The van der Waals surface area contributed by atoms with E-state index in [0.717, 1.165) is 0 Å². The second-order valence-electron chi connectivity index (χ2n) is 2.03. The average molecular weight is 219 g/mol. The third-order valence-electron chi connectivity index (χ3n) is 1.19. The molecule has 0 amide bonds. The van der Waals surface area contributed by atoms with E-state index in [0.29, 0.717) is 10.4 Å². The fourth-order valence-corrected chi connectivity index (χ4v) is 1.36. The first-order chi connectivity index (χ1) is 5.15. The SMILES string of the molecule is COc1c(Br)oc(C)cc1=O. The van der Waals surface area contributed by atoms with E-state index in [-0.39, 0.29) is 11.2 Å². The van der Waals surface area contributed by atoms with Crippen molar-refractivity contribution in [1.82, 2.24) is 0 Å². The Hall–Kier alpha value is -0.770. The smallest absolute Gasteiger partial charge is 0.228 e. The molecule has 1 aromatic rings. The molecular formula is C7H7BrO3. The summed E-state index contributed by atoms with van der Waals surface area (Å²) in [6, 6.07) is 1.38. The van der Waals surface area contributed by atoms with E-state index in [9.17, 15) is 4.79 Å². The summed E-state index contributed by atoms with van der Waals surface area (Å²) in [5.74, 6) is 0.762. The molecule has 0 aliphatic rings. The first kappa shape index (κ1) is 8.33. The van der Waals surface area contributed by atoms with Crippen LogP contribution >= 0.6 is 15.9 Å². The van der Waals surface area contributed by atoms with Crippen LogP contribution in [0.4, 0.5) is 0 Å². The Morgan fingerprint density at radius 2 is 2.27 bits per heavy atom. The molecule has 0 aliphatic heterocycles. The Kier molecular flexibility index (Phi) is 2.34. The van der Waals surface area contributed by atoms with Crippen molar-refractivity contribution in [2.45, 2.75) is 6.92 Å². The molecule has 0 N–H and O–H groups in total. The van der Waals surface area contributed by atoms with Crippen LogP contribution in [0.1, 0.15) is 5.76 Å². The van der Waals surface area contributed by atoms with Crippen molar-refractivity contribution in [3.63, 3.8) is 0 Å². The van der Waals surface area contributed by atoms with Crippen molar-refractivity contribution < 1.29 is 9.15 Å². The summed E-state index contributed by atoms with van der Waals surface area (Å²) in [4.78, 5) is 11.1. The van der Waals surface area contributed by atoms with Crippen LogP contribution in [0.25, 0.3) is 0 Å². The van der Waals surface area contributed by atoms with Crippen molar-refractivity contribution in [1.29, 1.82) is 0 Å². The maximum absolute atomic E-state index is 11.1. The molecule has 0 atom stereocenters. The molecule has 11 heavy (non-hydrogen) atoms. The molecule has 0 unspecified atom stereocenters. The normalized spacial score (nSPS) is 9.73.